The highest BCUT2D eigenvalue weighted by molar-refractivity contribution is 6.12. The molecule has 1 heterocycles. The summed E-state index contributed by atoms with van der Waals surface area (Å²) in [6.45, 7) is 0. The molecule has 1 aromatic heterocycles. The number of benzene rings is 3. The minimum atomic E-state index is -0.449. The van der Waals surface area contributed by atoms with Gasteiger partial charge in [0.25, 0.3) is 11.8 Å². The normalized spacial score (nSPS) is 10.4. The van der Waals surface area contributed by atoms with Crippen molar-refractivity contribution in [3.8, 4) is 5.75 Å². The number of aromatic nitrogens is 2. The van der Waals surface area contributed by atoms with Gasteiger partial charge in [-0.3, -0.25) is 14.6 Å². The summed E-state index contributed by atoms with van der Waals surface area (Å²) in [4.78, 5) is 34.1. The van der Waals surface area contributed by atoms with Crippen LogP contribution in [0.25, 0.3) is 11.0 Å². The van der Waals surface area contributed by atoms with E-state index >= 15 is 0 Å². The Balaban J connectivity index is 1.56. The first-order chi connectivity index (χ1) is 14.6. The number of carbonyl (C=O) groups is 2. The number of hydrogen-bond acceptors (Lipinski definition) is 5. The molecule has 0 aliphatic carbocycles. The Morgan fingerprint density at radius 2 is 1.60 bits per heavy atom. The van der Waals surface area contributed by atoms with Gasteiger partial charge < -0.3 is 15.4 Å². The van der Waals surface area contributed by atoms with Crippen LogP contribution in [-0.2, 0) is 0 Å². The van der Waals surface area contributed by atoms with E-state index in [0.717, 1.165) is 0 Å². The number of hydrogen-bond donors (Lipinski definition) is 2. The summed E-state index contributed by atoms with van der Waals surface area (Å²) in [6.07, 6.45) is 1.41. The van der Waals surface area contributed by atoms with E-state index in [1.54, 1.807) is 61.7 Å². The van der Waals surface area contributed by atoms with Gasteiger partial charge in [-0.1, -0.05) is 30.3 Å². The average molecular weight is 398 g/mol. The van der Waals surface area contributed by atoms with E-state index in [0.29, 0.717) is 33.7 Å². The summed E-state index contributed by atoms with van der Waals surface area (Å²) < 4.78 is 5.18. The van der Waals surface area contributed by atoms with Gasteiger partial charge in [0.15, 0.2) is 0 Å². The van der Waals surface area contributed by atoms with Gasteiger partial charge in [-0.2, -0.15) is 0 Å². The average Bonchev–Trinajstić information content (AvgIpc) is 2.79. The third kappa shape index (κ3) is 4.10. The molecule has 0 fully saturated rings. The second-order valence-electron chi connectivity index (χ2n) is 6.43. The first-order valence-corrected chi connectivity index (χ1v) is 9.21. The highest BCUT2D eigenvalue weighted by atomic mass is 16.5. The van der Waals surface area contributed by atoms with Crippen LogP contribution in [0.2, 0.25) is 0 Å². The van der Waals surface area contributed by atoms with Crippen LogP contribution in [0.4, 0.5) is 11.4 Å². The molecule has 7 heteroatoms. The van der Waals surface area contributed by atoms with Gasteiger partial charge in [0.1, 0.15) is 11.4 Å². The van der Waals surface area contributed by atoms with Crippen molar-refractivity contribution in [3.05, 3.63) is 90.3 Å². The van der Waals surface area contributed by atoms with Gasteiger partial charge in [-0.25, -0.2) is 4.98 Å². The number of amides is 2. The lowest BCUT2D eigenvalue weighted by atomic mass is 10.1. The number of carbonyl (C=O) groups excluding carboxylic acids is 2. The Morgan fingerprint density at radius 1 is 0.833 bits per heavy atom. The molecule has 0 saturated carbocycles. The van der Waals surface area contributed by atoms with Crippen LogP contribution >= 0.6 is 0 Å². The fourth-order valence-electron chi connectivity index (χ4n) is 2.94. The molecular weight excluding hydrogens is 380 g/mol. The topological polar surface area (TPSA) is 93.2 Å². The van der Waals surface area contributed by atoms with E-state index in [2.05, 4.69) is 20.6 Å². The molecule has 0 unspecified atom stereocenters. The second-order valence-corrected chi connectivity index (χ2v) is 6.43. The summed E-state index contributed by atoms with van der Waals surface area (Å²) >= 11 is 0. The molecule has 0 atom stereocenters. The smallest absolute Gasteiger partial charge is 0.275 e. The zero-order valence-corrected chi connectivity index (χ0v) is 16.1. The molecule has 7 nitrogen and oxygen atoms in total. The van der Waals surface area contributed by atoms with E-state index < -0.39 is 5.91 Å². The van der Waals surface area contributed by atoms with Crippen LogP contribution in [0.3, 0.4) is 0 Å². The van der Waals surface area contributed by atoms with Crippen LogP contribution in [0.5, 0.6) is 5.75 Å². The first kappa shape index (κ1) is 19.1. The Morgan fingerprint density at radius 3 is 2.43 bits per heavy atom. The Kier molecular flexibility index (Phi) is 5.34. The number of anilines is 2. The predicted molar refractivity (Wildman–Crippen MR) is 115 cm³/mol. The molecule has 3 aromatic carbocycles. The highest BCUT2D eigenvalue weighted by Crippen LogP contribution is 2.21. The van der Waals surface area contributed by atoms with E-state index in [4.69, 9.17) is 4.74 Å². The predicted octanol–water partition coefficient (Wildman–Crippen LogP) is 4.14. The van der Waals surface area contributed by atoms with Gasteiger partial charge >= 0.3 is 0 Å². The molecule has 2 N–H and O–H groups in total. The minimum Gasteiger partial charge on any atom is -0.497 e. The summed E-state index contributed by atoms with van der Waals surface area (Å²) in [5, 5.41) is 5.57. The molecule has 0 radical (unpaired) electrons. The molecule has 0 aliphatic rings. The van der Waals surface area contributed by atoms with Crippen LogP contribution in [0, 0.1) is 0 Å². The summed E-state index contributed by atoms with van der Waals surface area (Å²) in [5.41, 5.74) is 2.76. The zero-order valence-electron chi connectivity index (χ0n) is 16.1. The molecular formula is C23H18N4O3. The first-order valence-electron chi connectivity index (χ1n) is 9.21. The number of para-hydroxylation sites is 3. The third-order valence-electron chi connectivity index (χ3n) is 4.43. The van der Waals surface area contributed by atoms with Crippen molar-refractivity contribution in [2.24, 2.45) is 0 Å². The van der Waals surface area contributed by atoms with E-state index in [1.807, 2.05) is 18.2 Å². The fourth-order valence-corrected chi connectivity index (χ4v) is 2.94. The molecule has 4 aromatic rings. The van der Waals surface area contributed by atoms with Crippen LogP contribution in [0.1, 0.15) is 20.8 Å². The molecule has 4 rings (SSSR count). The maximum Gasteiger partial charge on any atom is 0.275 e. The van der Waals surface area contributed by atoms with E-state index in [1.165, 1.54) is 6.20 Å². The molecule has 0 bridgehead atoms. The lowest BCUT2D eigenvalue weighted by Gasteiger charge is -2.12. The number of rotatable bonds is 5. The van der Waals surface area contributed by atoms with Gasteiger partial charge in [-0.15, -0.1) is 0 Å². The van der Waals surface area contributed by atoms with Gasteiger partial charge in [0.2, 0.25) is 0 Å². The molecule has 0 spiro atoms. The van der Waals surface area contributed by atoms with Crippen LogP contribution in [0.15, 0.2) is 79.0 Å². The van der Waals surface area contributed by atoms with Crippen molar-refractivity contribution < 1.29 is 14.3 Å². The molecule has 148 valence electrons. The minimum absolute atomic E-state index is 0.164. The molecule has 0 aliphatic heterocycles. The SMILES string of the molecule is COc1cccc(NC(=O)c2ccccc2NC(=O)c2cnc3ccccc3n2)c1. The van der Waals surface area contributed by atoms with Crippen molar-refractivity contribution in [3.63, 3.8) is 0 Å². The van der Waals surface area contributed by atoms with Gasteiger partial charge in [-0.05, 0) is 36.4 Å². The quantitative estimate of drug-likeness (QED) is 0.527. The number of nitrogens with one attached hydrogen (secondary N) is 2. The summed E-state index contributed by atoms with van der Waals surface area (Å²) in [5.74, 6) is -0.178. The van der Waals surface area contributed by atoms with Gasteiger partial charge in [0.05, 0.1) is 35.6 Å². The van der Waals surface area contributed by atoms with Crippen molar-refractivity contribution >= 4 is 34.2 Å². The lowest BCUT2D eigenvalue weighted by molar-refractivity contribution is 0.102. The number of ether oxygens (including phenoxy) is 1. The monoisotopic (exact) mass is 398 g/mol. The second kappa shape index (κ2) is 8.40. The molecule has 0 saturated heterocycles. The largest absolute Gasteiger partial charge is 0.497 e. The maximum atomic E-state index is 12.8. The standard InChI is InChI=1S/C23H18N4O3/c1-30-16-8-6-7-15(13-16)25-22(28)17-9-2-3-10-18(17)27-23(29)21-14-24-19-11-4-5-12-20(19)26-21/h2-14H,1H3,(H,25,28)(H,27,29). The third-order valence-corrected chi connectivity index (χ3v) is 4.43. The van der Waals surface area contributed by atoms with Crippen LogP contribution in [-0.4, -0.2) is 28.9 Å². The summed E-state index contributed by atoms with van der Waals surface area (Å²) in [6, 6.07) is 21.1. The Bertz CT molecular complexity index is 1240. The number of nitrogens with zero attached hydrogens (tertiary/aromatic N) is 2. The zero-order chi connectivity index (χ0) is 20.9. The lowest BCUT2D eigenvalue weighted by Crippen LogP contribution is -2.19. The van der Waals surface area contributed by atoms with E-state index in [9.17, 15) is 9.59 Å². The van der Waals surface area contributed by atoms with Gasteiger partial charge in [0, 0.05) is 11.8 Å². The Labute approximate surface area is 172 Å². The van der Waals surface area contributed by atoms with Crippen LogP contribution < -0.4 is 15.4 Å². The maximum absolute atomic E-state index is 12.8. The van der Waals surface area contributed by atoms with Crippen molar-refractivity contribution in [1.29, 1.82) is 0 Å². The number of methoxy groups -OCH3 is 1. The molecule has 30 heavy (non-hydrogen) atoms. The Hall–Kier alpha value is -4.26. The fraction of sp³-hybridized carbons (Fsp3) is 0.0435. The van der Waals surface area contributed by atoms with E-state index in [-0.39, 0.29) is 11.6 Å². The highest BCUT2D eigenvalue weighted by Gasteiger charge is 2.16. The molecule has 2 amide bonds. The van der Waals surface area contributed by atoms with Crippen molar-refractivity contribution in [2.45, 2.75) is 0 Å². The summed E-state index contributed by atoms with van der Waals surface area (Å²) in [7, 11) is 1.56. The van der Waals surface area contributed by atoms with Crippen molar-refractivity contribution in [1.82, 2.24) is 9.97 Å². The number of fused-ring (bicyclic) bond motifs is 1. The van der Waals surface area contributed by atoms with Crippen molar-refractivity contribution in [2.75, 3.05) is 17.7 Å².